The summed E-state index contributed by atoms with van der Waals surface area (Å²) in [5, 5.41) is 3.36. The Bertz CT molecular complexity index is 1330. The number of sulfonamides is 1. The minimum Gasteiger partial charge on any atom is -0.485 e. The number of ether oxygens (including phenoxy) is 2. The number of halogens is 2. The van der Waals surface area contributed by atoms with Gasteiger partial charge in [0.2, 0.25) is 10.0 Å². The highest BCUT2D eigenvalue weighted by Crippen LogP contribution is 2.32. The van der Waals surface area contributed by atoms with Crippen molar-refractivity contribution in [3.05, 3.63) is 58.9 Å². The van der Waals surface area contributed by atoms with Crippen molar-refractivity contribution in [2.45, 2.75) is 51.0 Å². The van der Waals surface area contributed by atoms with Gasteiger partial charge in [-0.3, -0.25) is 19.2 Å². The number of nitrogens with one attached hydrogen (secondary N) is 2. The van der Waals surface area contributed by atoms with E-state index in [1.165, 1.54) is 12.1 Å². The lowest BCUT2D eigenvalue weighted by Gasteiger charge is -2.44. The van der Waals surface area contributed by atoms with Crippen LogP contribution in [0.3, 0.4) is 0 Å². The molecule has 2 saturated heterocycles. The molecule has 0 aromatic heterocycles. The summed E-state index contributed by atoms with van der Waals surface area (Å²) < 4.78 is 49.9. The highest BCUT2D eigenvalue weighted by Gasteiger charge is 2.34. The first-order chi connectivity index (χ1) is 18.9. The molecule has 0 spiro atoms. The minimum atomic E-state index is -3.67. The van der Waals surface area contributed by atoms with Gasteiger partial charge in [0.25, 0.3) is 11.8 Å². The molecule has 13 heteroatoms. The van der Waals surface area contributed by atoms with Crippen LogP contribution < -0.4 is 19.5 Å². The Labute approximate surface area is 238 Å². The van der Waals surface area contributed by atoms with Gasteiger partial charge in [-0.15, -0.1) is 0 Å². The van der Waals surface area contributed by atoms with Crippen LogP contribution in [0.5, 0.6) is 11.5 Å². The molecule has 0 radical (unpaired) electrons. The Morgan fingerprint density at radius 1 is 1.10 bits per heavy atom. The highest BCUT2D eigenvalue weighted by atomic mass is 35.5. The molecule has 0 saturated carbocycles. The van der Waals surface area contributed by atoms with Crippen LogP contribution in [0.15, 0.2) is 42.5 Å². The number of amides is 2. The third-order valence-corrected chi connectivity index (χ3v) is 7.78. The number of benzene rings is 2. The Balaban J connectivity index is 1.32. The van der Waals surface area contributed by atoms with E-state index in [1.54, 1.807) is 35.2 Å². The number of nitrogens with zero attached hydrogens (tertiary/aromatic N) is 2. The summed E-state index contributed by atoms with van der Waals surface area (Å²) >= 11 is 6.17. The zero-order chi connectivity index (χ0) is 29.0. The lowest BCUT2D eigenvalue weighted by atomic mass is 10.1. The summed E-state index contributed by atoms with van der Waals surface area (Å²) in [7, 11) is -3.67. The lowest BCUT2D eigenvalue weighted by molar-refractivity contribution is -0.139. The van der Waals surface area contributed by atoms with E-state index in [2.05, 4.69) is 17.1 Å². The van der Waals surface area contributed by atoms with Crippen molar-refractivity contribution >= 4 is 33.4 Å². The molecule has 218 valence electrons. The smallest absolute Gasteiger partial charge is 0.260 e. The van der Waals surface area contributed by atoms with E-state index in [-0.39, 0.29) is 36.8 Å². The molecule has 2 heterocycles. The van der Waals surface area contributed by atoms with E-state index >= 15 is 0 Å². The van der Waals surface area contributed by atoms with Crippen LogP contribution in [0.1, 0.15) is 25.8 Å². The maximum absolute atomic E-state index is 13.3. The van der Waals surface area contributed by atoms with Gasteiger partial charge in [0.05, 0.1) is 12.3 Å². The highest BCUT2D eigenvalue weighted by molar-refractivity contribution is 7.89. The van der Waals surface area contributed by atoms with Crippen molar-refractivity contribution < 1.29 is 31.9 Å². The van der Waals surface area contributed by atoms with Gasteiger partial charge in [-0.25, -0.2) is 12.8 Å². The molecule has 0 aliphatic carbocycles. The number of hydrogen-bond acceptors (Lipinski definition) is 8. The van der Waals surface area contributed by atoms with Gasteiger partial charge in [-0.1, -0.05) is 23.7 Å². The summed E-state index contributed by atoms with van der Waals surface area (Å²) in [4.78, 5) is 29.4. The van der Waals surface area contributed by atoms with Gasteiger partial charge in [0, 0.05) is 55.8 Å². The van der Waals surface area contributed by atoms with Crippen molar-refractivity contribution in [2.24, 2.45) is 0 Å². The van der Waals surface area contributed by atoms with Crippen molar-refractivity contribution in [2.75, 3.05) is 32.5 Å². The van der Waals surface area contributed by atoms with Crippen LogP contribution in [0.4, 0.5) is 4.39 Å². The van der Waals surface area contributed by atoms with Crippen molar-refractivity contribution in [1.82, 2.24) is 19.8 Å². The molecule has 4 rings (SSSR count). The minimum absolute atomic E-state index is 0.0479. The number of rotatable bonds is 9. The van der Waals surface area contributed by atoms with Gasteiger partial charge >= 0.3 is 0 Å². The number of carbonyl (C=O) groups is 2. The topological polar surface area (TPSA) is 117 Å². The van der Waals surface area contributed by atoms with Crippen molar-refractivity contribution in [3.63, 3.8) is 0 Å². The molecule has 2 fully saturated rings. The molecule has 2 amide bonds. The number of hydrogen-bond donors (Lipinski definition) is 2. The second-order valence-electron chi connectivity index (χ2n) is 10.4. The largest absolute Gasteiger partial charge is 0.485 e. The maximum atomic E-state index is 13.3. The normalized spacial score (nSPS) is 23.6. The first kappa shape index (κ1) is 30.0. The van der Waals surface area contributed by atoms with E-state index in [4.69, 9.17) is 21.1 Å². The average Bonchev–Trinajstić information content (AvgIpc) is 3.34. The molecule has 2 aliphatic heterocycles. The van der Waals surface area contributed by atoms with Crippen LogP contribution in [0.25, 0.3) is 0 Å². The maximum Gasteiger partial charge on any atom is 0.260 e. The summed E-state index contributed by atoms with van der Waals surface area (Å²) in [5.41, 5.74) is 1.01. The first-order valence-electron chi connectivity index (χ1n) is 13.0. The third kappa shape index (κ3) is 8.06. The fourth-order valence-electron chi connectivity index (χ4n) is 4.93. The molecular weight excluding hydrogens is 563 g/mol. The quantitative estimate of drug-likeness (QED) is 0.452. The molecule has 0 unspecified atom stereocenters. The summed E-state index contributed by atoms with van der Waals surface area (Å²) in [6.45, 7) is 6.02. The number of carbonyl (C=O) groups excluding carboxylic acids is 2. The molecule has 2 aromatic rings. The molecule has 2 aromatic carbocycles. The van der Waals surface area contributed by atoms with Gasteiger partial charge in [0.15, 0.2) is 18.1 Å². The van der Waals surface area contributed by atoms with Gasteiger partial charge in [0.1, 0.15) is 11.9 Å². The summed E-state index contributed by atoms with van der Waals surface area (Å²) in [5.74, 6) is -0.431. The predicted molar refractivity (Wildman–Crippen MR) is 148 cm³/mol. The molecule has 2 aliphatic rings. The fourth-order valence-corrected chi connectivity index (χ4v) is 5.60. The summed E-state index contributed by atoms with van der Waals surface area (Å²) in [6, 6.07) is 10.6. The average molecular weight is 597 g/mol. The Kier molecular flexibility index (Phi) is 9.55. The molecule has 40 heavy (non-hydrogen) atoms. The zero-order valence-electron chi connectivity index (χ0n) is 22.6. The first-order valence-corrected chi connectivity index (χ1v) is 15.3. The Hall–Kier alpha value is -2.93. The summed E-state index contributed by atoms with van der Waals surface area (Å²) in [6.07, 6.45) is 0.714. The predicted octanol–water partition coefficient (Wildman–Crippen LogP) is 2.16. The second kappa shape index (κ2) is 12.7. The van der Waals surface area contributed by atoms with Gasteiger partial charge < -0.3 is 19.7 Å². The van der Waals surface area contributed by atoms with E-state index in [0.29, 0.717) is 42.7 Å². The fraction of sp³-hybridized carbons (Fsp3) is 0.481. The van der Waals surface area contributed by atoms with E-state index < -0.39 is 28.1 Å². The second-order valence-corrected chi connectivity index (χ2v) is 12.5. The van der Waals surface area contributed by atoms with Crippen LogP contribution in [-0.2, 0) is 26.2 Å². The molecule has 4 atom stereocenters. The van der Waals surface area contributed by atoms with Gasteiger partial charge in [-0.2, -0.15) is 0 Å². The molecule has 0 bridgehead atoms. The van der Waals surface area contributed by atoms with E-state index in [0.717, 1.165) is 11.8 Å². The Morgan fingerprint density at radius 2 is 1.82 bits per heavy atom. The standard InChI is InChI=1S/C27H34ClFN4O6S/c1-17-14-33(18(2)13-32(17)15-19-4-7-21(29)8-5-19)26(34)16-38-24-9-6-20(28)10-25(24)39-22-11-23(30-12-22)27(35)31-40(3,36)37/h4-10,17-18,22-23,30H,11-16H2,1-3H3,(H,31,35)/t17-,18+,22-,23-/m0/s1. The van der Waals surface area contributed by atoms with Crippen LogP contribution in [0.2, 0.25) is 5.02 Å². The van der Waals surface area contributed by atoms with Gasteiger partial charge in [-0.05, 0) is 43.7 Å². The zero-order valence-corrected chi connectivity index (χ0v) is 24.2. The SMILES string of the molecule is C[C@@H]1CN(Cc2ccc(F)cc2)[C@@H](C)CN1C(=O)COc1ccc(Cl)cc1O[C@@H]1CN[C@H](C(=O)NS(C)(=O)=O)C1. The van der Waals surface area contributed by atoms with Crippen molar-refractivity contribution in [1.29, 1.82) is 0 Å². The third-order valence-electron chi connectivity index (χ3n) is 6.98. The lowest BCUT2D eigenvalue weighted by Crippen LogP contribution is -2.58. The van der Waals surface area contributed by atoms with E-state index in [1.807, 2.05) is 11.6 Å². The van der Waals surface area contributed by atoms with Crippen LogP contribution in [-0.4, -0.2) is 86.8 Å². The van der Waals surface area contributed by atoms with E-state index in [9.17, 15) is 22.4 Å². The molecule has 10 nitrogen and oxygen atoms in total. The number of piperazine rings is 1. The van der Waals surface area contributed by atoms with Crippen LogP contribution in [0, 0.1) is 5.82 Å². The Morgan fingerprint density at radius 3 is 2.52 bits per heavy atom. The molecular formula is C27H34ClFN4O6S. The molecule has 2 N–H and O–H groups in total. The van der Waals surface area contributed by atoms with Crippen molar-refractivity contribution in [3.8, 4) is 11.5 Å². The monoisotopic (exact) mass is 596 g/mol. The van der Waals surface area contributed by atoms with Crippen LogP contribution >= 0.6 is 11.6 Å².